The number of aromatic nitrogens is 3. The highest BCUT2D eigenvalue weighted by Crippen LogP contribution is 2.15. The van der Waals surface area contributed by atoms with Crippen molar-refractivity contribution in [1.29, 1.82) is 0 Å². The highest BCUT2D eigenvalue weighted by Gasteiger charge is 2.23. The van der Waals surface area contributed by atoms with E-state index in [1.807, 2.05) is 37.0 Å². The molecular formula is C21H31N7O. The highest BCUT2D eigenvalue weighted by molar-refractivity contribution is 5.80. The zero-order valence-electron chi connectivity index (χ0n) is 17.4. The maximum absolute atomic E-state index is 5.51. The van der Waals surface area contributed by atoms with Crippen LogP contribution in [0.3, 0.4) is 0 Å². The molecule has 0 amide bonds. The molecule has 1 N–H and O–H groups in total. The number of guanidine groups is 1. The van der Waals surface area contributed by atoms with Gasteiger partial charge in [-0.1, -0.05) is 6.07 Å². The molecule has 0 aromatic carbocycles. The molecule has 29 heavy (non-hydrogen) atoms. The van der Waals surface area contributed by atoms with E-state index in [1.54, 1.807) is 6.20 Å². The molecule has 156 valence electrons. The minimum atomic E-state index is 0.709. The Bertz CT molecular complexity index is 803. The summed E-state index contributed by atoms with van der Waals surface area (Å²) in [5.74, 6) is 3.49. The fourth-order valence-corrected chi connectivity index (χ4v) is 4.03. The first-order valence-electron chi connectivity index (χ1n) is 10.4. The molecule has 0 bridgehead atoms. The first-order chi connectivity index (χ1) is 14.2. The molecule has 8 heteroatoms. The van der Waals surface area contributed by atoms with Gasteiger partial charge in [0.2, 0.25) is 0 Å². The molecule has 2 aliphatic rings. The van der Waals surface area contributed by atoms with Gasteiger partial charge in [0.15, 0.2) is 5.96 Å². The van der Waals surface area contributed by atoms with E-state index in [4.69, 9.17) is 4.74 Å². The average Bonchev–Trinajstić information content (AvgIpc) is 3.42. The number of hydrogen-bond acceptors (Lipinski definition) is 5. The molecule has 0 radical (unpaired) electrons. The molecule has 1 unspecified atom stereocenters. The minimum absolute atomic E-state index is 0.709. The largest absolute Gasteiger partial charge is 0.381 e. The lowest BCUT2D eigenvalue weighted by atomic mass is 10.1. The predicted octanol–water partition coefficient (Wildman–Crippen LogP) is 1.31. The Labute approximate surface area is 172 Å². The van der Waals surface area contributed by atoms with Crippen LogP contribution in [0, 0.1) is 12.8 Å². The van der Waals surface area contributed by atoms with E-state index in [0.717, 1.165) is 69.1 Å². The third-order valence-corrected chi connectivity index (χ3v) is 5.76. The van der Waals surface area contributed by atoms with Crippen molar-refractivity contribution in [2.24, 2.45) is 10.9 Å². The molecule has 2 saturated heterocycles. The van der Waals surface area contributed by atoms with Gasteiger partial charge in [0.05, 0.1) is 6.61 Å². The number of aliphatic imine (C=N–C) groups is 1. The molecule has 2 fully saturated rings. The fourth-order valence-electron chi connectivity index (χ4n) is 4.03. The lowest BCUT2D eigenvalue weighted by molar-refractivity contribution is 0.139. The van der Waals surface area contributed by atoms with E-state index >= 15 is 0 Å². The molecular weight excluding hydrogens is 366 g/mol. The van der Waals surface area contributed by atoms with E-state index in [1.165, 1.54) is 6.42 Å². The molecule has 8 nitrogen and oxygen atoms in total. The summed E-state index contributed by atoms with van der Waals surface area (Å²) < 4.78 is 7.49. The summed E-state index contributed by atoms with van der Waals surface area (Å²) in [5, 5.41) is 3.49. The standard InChI is InChI=1S/C21H31N7O/c1-17-23-6-7-28(17)20-4-3-18(13-24-20)14-25-21(22-2)27-10-8-26(9-11-27)15-19-5-12-29-16-19/h3-4,6-7,13,19H,5,8-12,14-16H2,1-2H3,(H,22,25). The van der Waals surface area contributed by atoms with E-state index in [2.05, 4.69) is 36.1 Å². The van der Waals surface area contributed by atoms with Crippen molar-refractivity contribution in [3.63, 3.8) is 0 Å². The molecule has 4 rings (SSSR count). The Morgan fingerprint density at radius 3 is 2.72 bits per heavy atom. The third-order valence-electron chi connectivity index (χ3n) is 5.76. The molecule has 1 atom stereocenters. The van der Waals surface area contributed by atoms with Crippen molar-refractivity contribution in [3.8, 4) is 5.82 Å². The van der Waals surface area contributed by atoms with Crippen molar-refractivity contribution in [1.82, 2.24) is 29.7 Å². The quantitative estimate of drug-likeness (QED) is 0.606. The third kappa shape index (κ3) is 4.94. The van der Waals surface area contributed by atoms with Crippen molar-refractivity contribution >= 4 is 5.96 Å². The predicted molar refractivity (Wildman–Crippen MR) is 113 cm³/mol. The Hall–Kier alpha value is -2.45. The van der Waals surface area contributed by atoms with E-state index in [0.29, 0.717) is 12.5 Å². The molecule has 4 heterocycles. The number of imidazole rings is 1. The van der Waals surface area contributed by atoms with Gasteiger partial charge >= 0.3 is 0 Å². The number of ether oxygens (including phenoxy) is 1. The summed E-state index contributed by atoms with van der Waals surface area (Å²) >= 11 is 0. The topological polar surface area (TPSA) is 70.8 Å². The SMILES string of the molecule is CN=C(NCc1ccc(-n2ccnc2C)nc1)N1CCN(CC2CCOC2)CC1. The Balaban J connectivity index is 1.26. The molecule has 0 spiro atoms. The number of piperazine rings is 1. The summed E-state index contributed by atoms with van der Waals surface area (Å²) in [6, 6.07) is 4.13. The van der Waals surface area contributed by atoms with Crippen molar-refractivity contribution in [2.75, 3.05) is 53.0 Å². The van der Waals surface area contributed by atoms with Gasteiger partial charge in [-0.2, -0.15) is 0 Å². The number of rotatable bonds is 5. The first kappa shape index (κ1) is 19.8. The van der Waals surface area contributed by atoms with E-state index < -0.39 is 0 Å². The van der Waals surface area contributed by atoms with E-state index in [9.17, 15) is 0 Å². The van der Waals surface area contributed by atoms with Crippen LogP contribution in [-0.2, 0) is 11.3 Å². The number of aryl methyl sites for hydroxylation is 1. The highest BCUT2D eigenvalue weighted by atomic mass is 16.5. The van der Waals surface area contributed by atoms with Gasteiger partial charge in [-0.25, -0.2) is 9.97 Å². The number of nitrogens with one attached hydrogen (secondary N) is 1. The van der Waals surface area contributed by atoms with Crippen LogP contribution in [0.25, 0.3) is 5.82 Å². The number of hydrogen-bond donors (Lipinski definition) is 1. The first-order valence-corrected chi connectivity index (χ1v) is 10.4. The Morgan fingerprint density at radius 2 is 2.10 bits per heavy atom. The van der Waals surface area contributed by atoms with Gasteiger partial charge in [-0.15, -0.1) is 0 Å². The Morgan fingerprint density at radius 1 is 1.24 bits per heavy atom. The molecule has 2 aromatic heterocycles. The van der Waals surface area contributed by atoms with Crippen LogP contribution in [0.5, 0.6) is 0 Å². The second-order valence-electron chi connectivity index (χ2n) is 7.79. The van der Waals surface area contributed by atoms with Gasteiger partial charge in [0.1, 0.15) is 11.6 Å². The van der Waals surface area contributed by atoms with Gasteiger partial charge in [0.25, 0.3) is 0 Å². The zero-order valence-corrected chi connectivity index (χ0v) is 17.4. The van der Waals surface area contributed by atoms with Gasteiger partial charge in [0, 0.05) is 71.5 Å². The molecule has 0 saturated carbocycles. The second-order valence-corrected chi connectivity index (χ2v) is 7.79. The molecule has 0 aliphatic carbocycles. The number of pyridine rings is 1. The van der Waals surface area contributed by atoms with Crippen LogP contribution in [0.1, 0.15) is 17.8 Å². The number of nitrogens with zero attached hydrogens (tertiary/aromatic N) is 6. The van der Waals surface area contributed by atoms with Crippen molar-refractivity contribution in [2.45, 2.75) is 19.9 Å². The average molecular weight is 398 g/mol. The van der Waals surface area contributed by atoms with Gasteiger partial charge in [-0.3, -0.25) is 14.5 Å². The van der Waals surface area contributed by atoms with Gasteiger partial charge < -0.3 is 15.0 Å². The van der Waals surface area contributed by atoms with Gasteiger partial charge in [-0.05, 0) is 30.9 Å². The van der Waals surface area contributed by atoms with Crippen LogP contribution < -0.4 is 5.32 Å². The fraction of sp³-hybridized carbons (Fsp3) is 0.571. The lowest BCUT2D eigenvalue weighted by Crippen LogP contribution is -2.53. The Kier molecular flexibility index (Phi) is 6.41. The maximum Gasteiger partial charge on any atom is 0.194 e. The maximum atomic E-state index is 5.51. The van der Waals surface area contributed by atoms with Crippen molar-refractivity contribution in [3.05, 3.63) is 42.1 Å². The van der Waals surface area contributed by atoms with Crippen LogP contribution >= 0.6 is 0 Å². The summed E-state index contributed by atoms with van der Waals surface area (Å²) in [7, 11) is 1.85. The smallest absolute Gasteiger partial charge is 0.194 e. The summed E-state index contributed by atoms with van der Waals surface area (Å²) in [6.45, 7) is 9.87. The van der Waals surface area contributed by atoms with Crippen LogP contribution in [0.2, 0.25) is 0 Å². The molecule has 2 aromatic rings. The summed E-state index contributed by atoms with van der Waals surface area (Å²) in [5.41, 5.74) is 1.13. The second kappa shape index (κ2) is 9.37. The van der Waals surface area contributed by atoms with Crippen LogP contribution in [-0.4, -0.2) is 83.3 Å². The monoisotopic (exact) mass is 397 g/mol. The zero-order chi connectivity index (χ0) is 20.1. The minimum Gasteiger partial charge on any atom is -0.381 e. The van der Waals surface area contributed by atoms with Crippen LogP contribution in [0.4, 0.5) is 0 Å². The molecule has 2 aliphatic heterocycles. The normalized spacial score (nSPS) is 21.0. The lowest BCUT2D eigenvalue weighted by Gasteiger charge is -2.37. The van der Waals surface area contributed by atoms with Crippen molar-refractivity contribution < 1.29 is 4.74 Å². The summed E-state index contributed by atoms with van der Waals surface area (Å²) in [6.07, 6.45) is 6.84. The van der Waals surface area contributed by atoms with E-state index in [-0.39, 0.29) is 0 Å². The summed E-state index contributed by atoms with van der Waals surface area (Å²) in [4.78, 5) is 18.2. The van der Waals surface area contributed by atoms with Crippen LogP contribution in [0.15, 0.2) is 35.7 Å².